The van der Waals surface area contributed by atoms with Crippen molar-refractivity contribution >= 4 is 11.9 Å². The molecule has 7 heteroatoms. The van der Waals surface area contributed by atoms with Gasteiger partial charge in [-0.2, -0.15) is 0 Å². The molecule has 0 bridgehead atoms. The van der Waals surface area contributed by atoms with Gasteiger partial charge >= 0.3 is 6.03 Å². The van der Waals surface area contributed by atoms with Crippen molar-refractivity contribution < 1.29 is 9.59 Å². The molecule has 0 saturated carbocycles. The first-order chi connectivity index (χ1) is 9.11. The van der Waals surface area contributed by atoms with E-state index >= 15 is 0 Å². The average molecular weight is 269 g/mol. The summed E-state index contributed by atoms with van der Waals surface area (Å²) in [6.45, 7) is 7.90. The molecule has 0 spiro atoms. The normalized spacial score (nSPS) is 23.5. The van der Waals surface area contributed by atoms with E-state index in [1.54, 1.807) is 0 Å². The number of carbonyl (C=O) groups excluding carboxylic acids is 2. The predicted octanol–water partition coefficient (Wildman–Crippen LogP) is -1.58. The summed E-state index contributed by atoms with van der Waals surface area (Å²) < 4.78 is 0. The second-order valence-electron chi connectivity index (χ2n) is 5.14. The van der Waals surface area contributed by atoms with Crippen LogP contribution in [-0.4, -0.2) is 80.1 Å². The third-order valence-electron chi connectivity index (χ3n) is 3.95. The molecule has 0 radical (unpaired) electrons. The minimum atomic E-state index is -0.448. The van der Waals surface area contributed by atoms with Crippen LogP contribution in [-0.2, 0) is 4.79 Å². The first-order valence-electron chi connectivity index (χ1n) is 6.83. The second-order valence-corrected chi connectivity index (χ2v) is 5.14. The molecule has 2 aliphatic heterocycles. The Bertz CT molecular complexity index is 337. The van der Waals surface area contributed by atoms with Gasteiger partial charge in [-0.05, 0) is 6.92 Å². The van der Waals surface area contributed by atoms with E-state index in [-0.39, 0.29) is 11.9 Å². The molecule has 3 amide bonds. The molecule has 2 fully saturated rings. The molecule has 7 nitrogen and oxygen atoms in total. The number of imide groups is 1. The van der Waals surface area contributed by atoms with Crippen molar-refractivity contribution in [2.24, 2.45) is 0 Å². The van der Waals surface area contributed by atoms with Crippen LogP contribution in [0.5, 0.6) is 0 Å². The number of nitrogens with one attached hydrogen (secondary N) is 3. The lowest BCUT2D eigenvalue weighted by molar-refractivity contribution is -0.128. The number of rotatable bonds is 3. The molecule has 1 atom stereocenters. The van der Waals surface area contributed by atoms with Crippen LogP contribution in [0.1, 0.15) is 6.92 Å². The topological polar surface area (TPSA) is 76.7 Å². The van der Waals surface area contributed by atoms with Gasteiger partial charge in [-0.3, -0.25) is 19.9 Å². The Labute approximate surface area is 113 Å². The molecule has 0 aromatic rings. The predicted molar refractivity (Wildman–Crippen MR) is 71.9 cm³/mol. The van der Waals surface area contributed by atoms with E-state index in [1.165, 1.54) is 7.05 Å². The molecule has 0 aliphatic carbocycles. The quantitative estimate of drug-likeness (QED) is 0.576. The highest BCUT2D eigenvalue weighted by Gasteiger charge is 2.37. The van der Waals surface area contributed by atoms with Crippen LogP contribution >= 0.6 is 0 Å². The molecular weight excluding hydrogens is 246 g/mol. The number of amides is 3. The van der Waals surface area contributed by atoms with Crippen LogP contribution in [0.2, 0.25) is 0 Å². The van der Waals surface area contributed by atoms with Crippen LogP contribution in [0, 0.1) is 0 Å². The highest BCUT2D eigenvalue weighted by molar-refractivity contribution is 5.96. The molecule has 0 aromatic carbocycles. The van der Waals surface area contributed by atoms with Gasteiger partial charge in [0.15, 0.2) is 0 Å². The minimum absolute atomic E-state index is 0.238. The zero-order valence-electron chi connectivity index (χ0n) is 11.6. The smallest absolute Gasteiger partial charge is 0.321 e. The maximum Gasteiger partial charge on any atom is 0.321 e. The lowest BCUT2D eigenvalue weighted by Gasteiger charge is -2.48. The Hall–Kier alpha value is -1.18. The van der Waals surface area contributed by atoms with Crippen molar-refractivity contribution in [1.82, 2.24) is 25.8 Å². The summed E-state index contributed by atoms with van der Waals surface area (Å²) in [7, 11) is 1.50. The number of hydrogen-bond acceptors (Lipinski definition) is 5. The van der Waals surface area contributed by atoms with Crippen molar-refractivity contribution in [3.63, 3.8) is 0 Å². The number of piperazine rings is 1. The molecular formula is C12H23N5O2. The Kier molecular flexibility index (Phi) is 4.73. The van der Waals surface area contributed by atoms with Gasteiger partial charge < -0.3 is 10.6 Å². The SMILES string of the molecule is CNC(=O)NC(=O)C(C)N1CC(N2CCNCC2)C1. The second kappa shape index (κ2) is 6.31. The first-order valence-corrected chi connectivity index (χ1v) is 6.83. The summed E-state index contributed by atoms with van der Waals surface area (Å²) in [6, 6.07) is -0.148. The number of hydrogen-bond donors (Lipinski definition) is 3. The highest BCUT2D eigenvalue weighted by atomic mass is 16.2. The number of likely N-dealkylation sites (tertiary alicyclic amines) is 1. The average Bonchev–Trinajstić information content (AvgIpc) is 2.37. The molecule has 3 N–H and O–H groups in total. The highest BCUT2D eigenvalue weighted by Crippen LogP contribution is 2.18. The van der Waals surface area contributed by atoms with E-state index in [9.17, 15) is 9.59 Å². The van der Waals surface area contributed by atoms with E-state index in [0.717, 1.165) is 39.3 Å². The summed E-state index contributed by atoms with van der Waals surface area (Å²) in [5.74, 6) is -0.238. The lowest BCUT2D eigenvalue weighted by Crippen LogP contribution is -2.66. The molecule has 1 unspecified atom stereocenters. The summed E-state index contributed by atoms with van der Waals surface area (Å²) in [4.78, 5) is 27.5. The van der Waals surface area contributed by atoms with Gasteiger partial charge in [-0.1, -0.05) is 0 Å². The van der Waals surface area contributed by atoms with Crippen LogP contribution < -0.4 is 16.0 Å². The van der Waals surface area contributed by atoms with Gasteiger partial charge in [0.2, 0.25) is 5.91 Å². The molecule has 2 heterocycles. The van der Waals surface area contributed by atoms with Crippen LogP contribution in [0.4, 0.5) is 4.79 Å². The van der Waals surface area contributed by atoms with Gasteiger partial charge in [-0.25, -0.2) is 4.79 Å². The van der Waals surface area contributed by atoms with Crippen LogP contribution in [0.3, 0.4) is 0 Å². The Morgan fingerprint density at radius 2 is 1.89 bits per heavy atom. The number of urea groups is 1. The van der Waals surface area contributed by atoms with Crippen molar-refractivity contribution in [3.8, 4) is 0 Å². The van der Waals surface area contributed by atoms with Crippen molar-refractivity contribution in [3.05, 3.63) is 0 Å². The molecule has 2 rings (SSSR count). The van der Waals surface area contributed by atoms with Gasteiger partial charge in [0, 0.05) is 52.4 Å². The maximum atomic E-state index is 11.8. The van der Waals surface area contributed by atoms with Gasteiger partial charge in [0.25, 0.3) is 0 Å². The zero-order valence-corrected chi connectivity index (χ0v) is 11.6. The van der Waals surface area contributed by atoms with Crippen LogP contribution in [0.25, 0.3) is 0 Å². The molecule has 0 aromatic heterocycles. The fourth-order valence-electron chi connectivity index (χ4n) is 2.53. The van der Waals surface area contributed by atoms with Gasteiger partial charge in [0.05, 0.1) is 6.04 Å². The van der Waals surface area contributed by atoms with Gasteiger partial charge in [0.1, 0.15) is 0 Å². The number of nitrogens with zero attached hydrogens (tertiary/aromatic N) is 2. The molecule has 2 aliphatic rings. The van der Waals surface area contributed by atoms with Gasteiger partial charge in [-0.15, -0.1) is 0 Å². The summed E-state index contributed by atoms with van der Waals surface area (Å²) in [5, 5.41) is 8.03. The van der Waals surface area contributed by atoms with E-state index in [1.807, 2.05) is 6.92 Å². The third-order valence-corrected chi connectivity index (χ3v) is 3.95. The Morgan fingerprint density at radius 3 is 2.47 bits per heavy atom. The van der Waals surface area contributed by atoms with E-state index in [4.69, 9.17) is 0 Å². The summed E-state index contributed by atoms with van der Waals surface area (Å²) in [5.41, 5.74) is 0. The molecule has 19 heavy (non-hydrogen) atoms. The van der Waals surface area contributed by atoms with E-state index in [2.05, 4.69) is 25.8 Å². The van der Waals surface area contributed by atoms with E-state index < -0.39 is 6.03 Å². The molecule has 108 valence electrons. The fraction of sp³-hybridized carbons (Fsp3) is 0.833. The Morgan fingerprint density at radius 1 is 1.26 bits per heavy atom. The van der Waals surface area contributed by atoms with E-state index in [0.29, 0.717) is 6.04 Å². The standard InChI is InChI=1S/C12H23N5O2/c1-9(11(18)15-12(19)13-2)17-7-10(8-17)16-5-3-14-4-6-16/h9-10,14H,3-8H2,1-2H3,(H2,13,15,18,19). The summed E-state index contributed by atoms with van der Waals surface area (Å²) >= 11 is 0. The first kappa shape index (κ1) is 14.2. The Balaban J connectivity index is 1.73. The fourth-order valence-corrected chi connectivity index (χ4v) is 2.53. The monoisotopic (exact) mass is 269 g/mol. The van der Waals surface area contributed by atoms with Crippen molar-refractivity contribution in [2.75, 3.05) is 46.3 Å². The zero-order chi connectivity index (χ0) is 13.8. The minimum Gasteiger partial charge on any atom is -0.341 e. The van der Waals surface area contributed by atoms with Crippen LogP contribution in [0.15, 0.2) is 0 Å². The van der Waals surface area contributed by atoms with Crippen molar-refractivity contribution in [1.29, 1.82) is 0 Å². The molecule has 2 saturated heterocycles. The largest absolute Gasteiger partial charge is 0.341 e. The maximum absolute atomic E-state index is 11.8. The summed E-state index contributed by atoms with van der Waals surface area (Å²) in [6.07, 6.45) is 0. The lowest BCUT2D eigenvalue weighted by atomic mass is 10.0. The third kappa shape index (κ3) is 3.43. The van der Waals surface area contributed by atoms with Crippen molar-refractivity contribution in [2.45, 2.75) is 19.0 Å². The number of carbonyl (C=O) groups is 2.